The van der Waals surface area contributed by atoms with Gasteiger partial charge in [-0.1, -0.05) is 74.3 Å². The molecule has 1 saturated heterocycles. The number of likely N-dealkylation sites (tertiary alicyclic amines) is 1. The van der Waals surface area contributed by atoms with Gasteiger partial charge in [0.1, 0.15) is 17.0 Å². The highest BCUT2D eigenvalue weighted by Gasteiger charge is 2.59. The van der Waals surface area contributed by atoms with Crippen LogP contribution in [0.1, 0.15) is 65.8 Å². The lowest BCUT2D eigenvalue weighted by atomic mass is 9.63. The van der Waals surface area contributed by atoms with Gasteiger partial charge >= 0.3 is 5.97 Å². The van der Waals surface area contributed by atoms with Crippen LogP contribution in [0.15, 0.2) is 54.6 Å². The Morgan fingerprint density at radius 2 is 1.83 bits per heavy atom. The number of amides is 1. The Balaban J connectivity index is 1.93. The van der Waals surface area contributed by atoms with Crippen LogP contribution in [0.5, 0.6) is 0 Å². The molecule has 0 unspecified atom stereocenters. The smallest absolute Gasteiger partial charge is 0.335 e. The van der Waals surface area contributed by atoms with Crippen molar-refractivity contribution in [1.82, 2.24) is 4.90 Å². The molecule has 4 rings (SSSR count). The summed E-state index contributed by atoms with van der Waals surface area (Å²) in [5.74, 6) is -3.58. The van der Waals surface area contributed by atoms with Crippen molar-refractivity contribution < 1.29 is 23.5 Å². The fourth-order valence-electron chi connectivity index (χ4n) is 6.07. The number of hydrogen-bond donors (Lipinski definition) is 1. The first-order valence-electron chi connectivity index (χ1n) is 13.1. The van der Waals surface area contributed by atoms with Crippen molar-refractivity contribution in [3.05, 3.63) is 104 Å². The molecule has 3 aromatic carbocycles. The minimum atomic E-state index is -1.67. The molecule has 0 bridgehead atoms. The second-order valence-electron chi connectivity index (χ2n) is 11.8. The predicted octanol–water partition coefficient (Wildman–Crippen LogP) is 7.92. The number of carbonyl (C=O) groups is 2. The third-order valence-corrected chi connectivity index (χ3v) is 8.22. The first-order valence-corrected chi connectivity index (χ1v) is 13.9. The molecule has 0 aromatic heterocycles. The molecule has 1 aliphatic rings. The van der Waals surface area contributed by atoms with Gasteiger partial charge in [-0.3, -0.25) is 4.79 Å². The Bertz CT molecular complexity index is 1560. The number of halogens is 4. The lowest BCUT2D eigenvalue weighted by Gasteiger charge is -2.38. The van der Waals surface area contributed by atoms with Gasteiger partial charge in [0, 0.05) is 28.6 Å². The van der Waals surface area contributed by atoms with Gasteiger partial charge in [-0.05, 0) is 54.2 Å². The average Bonchev–Trinajstić information content (AvgIpc) is 3.18. The van der Waals surface area contributed by atoms with E-state index in [4.69, 9.17) is 23.2 Å². The van der Waals surface area contributed by atoms with Gasteiger partial charge in [-0.2, -0.15) is 5.26 Å². The Morgan fingerprint density at radius 3 is 2.41 bits per heavy atom. The third kappa shape index (κ3) is 5.82. The number of rotatable bonds is 6. The zero-order valence-corrected chi connectivity index (χ0v) is 24.7. The minimum absolute atomic E-state index is 0.00978. The second-order valence-corrected chi connectivity index (χ2v) is 12.6. The largest absolute Gasteiger partial charge is 0.478 e. The van der Waals surface area contributed by atoms with Gasteiger partial charge in [0.15, 0.2) is 0 Å². The van der Waals surface area contributed by atoms with Gasteiger partial charge in [-0.25, -0.2) is 13.6 Å². The van der Waals surface area contributed by atoms with Crippen LogP contribution in [0.25, 0.3) is 0 Å². The zero-order chi connectivity index (χ0) is 30.3. The number of aromatic carboxylic acids is 1. The molecule has 9 heteroatoms. The lowest BCUT2D eigenvalue weighted by molar-refractivity contribution is -0.131. The van der Waals surface area contributed by atoms with Crippen molar-refractivity contribution in [2.24, 2.45) is 11.3 Å². The highest BCUT2D eigenvalue weighted by molar-refractivity contribution is 6.31. The first-order chi connectivity index (χ1) is 19.2. The molecule has 3 atom stereocenters. The summed E-state index contributed by atoms with van der Waals surface area (Å²) in [4.78, 5) is 27.0. The van der Waals surface area contributed by atoms with E-state index in [0.29, 0.717) is 17.5 Å². The van der Waals surface area contributed by atoms with Crippen LogP contribution in [0.3, 0.4) is 0 Å². The van der Waals surface area contributed by atoms with Gasteiger partial charge in [0.2, 0.25) is 5.91 Å². The fourth-order valence-corrected chi connectivity index (χ4v) is 6.41. The van der Waals surface area contributed by atoms with Crippen LogP contribution in [-0.4, -0.2) is 28.4 Å². The summed E-state index contributed by atoms with van der Waals surface area (Å²) in [5, 5.41) is 20.3. The van der Waals surface area contributed by atoms with E-state index in [1.165, 1.54) is 41.3 Å². The molecule has 214 valence electrons. The summed E-state index contributed by atoms with van der Waals surface area (Å²) in [6.45, 7) is 7.66. The van der Waals surface area contributed by atoms with Gasteiger partial charge in [0.25, 0.3) is 0 Å². The Labute approximate surface area is 248 Å². The number of carboxylic acids is 1. The first kappa shape index (κ1) is 30.5. The lowest BCUT2D eigenvalue weighted by Crippen LogP contribution is -2.41. The van der Waals surface area contributed by atoms with Crippen LogP contribution >= 0.6 is 23.2 Å². The number of aryl methyl sites for hydroxylation is 1. The van der Waals surface area contributed by atoms with Crippen molar-refractivity contribution in [2.45, 2.75) is 52.0 Å². The summed E-state index contributed by atoms with van der Waals surface area (Å²) in [7, 11) is 0. The SMILES string of the molecule is Cc1cc(CC(=O)N2C[C@@H](CC(C)(C)C)[C@](C#N)(c3ccc(Cl)cc3F)[C@H]2c2cccc(Cl)c2F)ccc1C(=O)O. The molecule has 1 heterocycles. The third-order valence-electron chi connectivity index (χ3n) is 7.70. The predicted molar refractivity (Wildman–Crippen MR) is 154 cm³/mol. The second kappa shape index (κ2) is 11.4. The number of carbonyl (C=O) groups excluding carboxylic acids is 1. The Morgan fingerprint density at radius 1 is 1.12 bits per heavy atom. The van der Waals surface area contributed by atoms with Gasteiger partial charge in [-0.15, -0.1) is 0 Å². The molecule has 1 N–H and O–H groups in total. The van der Waals surface area contributed by atoms with Crippen LogP contribution in [0.4, 0.5) is 8.78 Å². The van der Waals surface area contributed by atoms with E-state index in [1.807, 2.05) is 20.8 Å². The Hall–Kier alpha value is -3.47. The molecular formula is C32H30Cl2F2N2O3. The molecule has 3 aromatic rings. The average molecular weight is 600 g/mol. The van der Waals surface area contributed by atoms with E-state index < -0.39 is 40.9 Å². The molecule has 0 saturated carbocycles. The highest BCUT2D eigenvalue weighted by atomic mass is 35.5. The van der Waals surface area contributed by atoms with E-state index in [1.54, 1.807) is 19.1 Å². The van der Waals surface area contributed by atoms with E-state index >= 15 is 8.78 Å². The van der Waals surface area contributed by atoms with Gasteiger partial charge < -0.3 is 10.0 Å². The quantitative estimate of drug-likeness (QED) is 0.312. The fraction of sp³-hybridized carbons (Fsp3) is 0.344. The molecule has 5 nitrogen and oxygen atoms in total. The van der Waals surface area contributed by atoms with Crippen LogP contribution in [0.2, 0.25) is 10.0 Å². The maximum Gasteiger partial charge on any atom is 0.335 e. The van der Waals surface area contributed by atoms with Crippen LogP contribution in [-0.2, 0) is 16.6 Å². The Kier molecular flexibility index (Phi) is 8.50. The molecule has 1 amide bonds. The molecule has 0 radical (unpaired) electrons. The van der Waals surface area contributed by atoms with Crippen molar-refractivity contribution in [3.63, 3.8) is 0 Å². The van der Waals surface area contributed by atoms with E-state index in [0.717, 1.165) is 6.07 Å². The number of carboxylic acid groups (broad SMARTS) is 1. The number of hydrogen-bond acceptors (Lipinski definition) is 3. The number of nitriles is 1. The van der Waals surface area contributed by atoms with E-state index in [2.05, 4.69) is 6.07 Å². The summed E-state index contributed by atoms with van der Waals surface area (Å²) >= 11 is 12.2. The number of nitrogens with zero attached hydrogens (tertiary/aromatic N) is 2. The minimum Gasteiger partial charge on any atom is -0.478 e. The van der Waals surface area contributed by atoms with Crippen molar-refractivity contribution in [3.8, 4) is 6.07 Å². The van der Waals surface area contributed by atoms with Crippen LogP contribution in [0, 0.1) is 41.2 Å². The highest BCUT2D eigenvalue weighted by Crippen LogP contribution is 2.56. The number of benzene rings is 3. The van der Waals surface area contributed by atoms with Crippen molar-refractivity contribution in [2.75, 3.05) is 6.54 Å². The van der Waals surface area contributed by atoms with Crippen molar-refractivity contribution >= 4 is 35.1 Å². The van der Waals surface area contributed by atoms with Crippen molar-refractivity contribution in [1.29, 1.82) is 5.26 Å². The van der Waals surface area contributed by atoms with Crippen LogP contribution < -0.4 is 0 Å². The summed E-state index contributed by atoms with van der Waals surface area (Å²) < 4.78 is 31.5. The molecule has 0 aliphatic carbocycles. The molecule has 1 fully saturated rings. The van der Waals surface area contributed by atoms with Gasteiger partial charge in [0.05, 0.1) is 29.1 Å². The normalized spacial score (nSPS) is 20.6. The zero-order valence-electron chi connectivity index (χ0n) is 23.1. The topological polar surface area (TPSA) is 81.4 Å². The maximum absolute atomic E-state index is 15.8. The standard InChI is InChI=1S/C32H30Cl2F2N2O3/c1-18-12-19(8-10-22(18)30(40)41)13-27(39)38-16-20(15-31(2,3)4)32(17-37,24-11-9-21(33)14-26(24)35)29(38)23-6-5-7-25(34)28(23)36/h5-12,14,20,29H,13,15-16H2,1-4H3,(H,40,41)/t20-,29-,32-/m1/s1. The molecular weight excluding hydrogens is 569 g/mol. The monoisotopic (exact) mass is 598 g/mol. The molecule has 0 spiro atoms. The molecule has 1 aliphatic heterocycles. The molecule has 41 heavy (non-hydrogen) atoms. The summed E-state index contributed by atoms with van der Waals surface area (Å²) in [6, 6.07) is 14.2. The summed E-state index contributed by atoms with van der Waals surface area (Å²) in [5.41, 5.74) is -0.796. The maximum atomic E-state index is 15.8. The van der Waals surface area contributed by atoms with E-state index in [-0.39, 0.29) is 45.1 Å². The summed E-state index contributed by atoms with van der Waals surface area (Å²) in [6.07, 6.45) is 0.295. The van der Waals surface area contributed by atoms with E-state index in [9.17, 15) is 20.0 Å².